The monoisotopic (exact) mass is 282 g/mol. The second-order valence-electron chi connectivity index (χ2n) is 7.28. The lowest BCUT2D eigenvalue weighted by Gasteiger charge is -2.36. The number of nitrogens with two attached hydrogens (primary N) is 1. The highest BCUT2D eigenvalue weighted by atomic mass is 16.3. The number of aliphatic hydroxyl groups is 1. The van der Waals surface area contributed by atoms with Gasteiger partial charge in [0, 0.05) is 18.5 Å². The molecule has 0 saturated heterocycles. The minimum atomic E-state index is -0.698. The standard InChI is InChI=1S/C16H30N2O2/c1-13-5-9-16(20,10-6-13)12-18-14(19)11-15(17)7-3-2-4-8-15/h13,20H,2-12,17H2,1H3,(H,18,19). The molecule has 20 heavy (non-hydrogen) atoms. The summed E-state index contributed by atoms with van der Waals surface area (Å²) in [5, 5.41) is 13.4. The Morgan fingerprint density at radius 3 is 2.40 bits per heavy atom. The quantitative estimate of drug-likeness (QED) is 0.739. The number of hydrogen-bond donors (Lipinski definition) is 3. The van der Waals surface area contributed by atoms with Crippen molar-refractivity contribution in [1.82, 2.24) is 5.32 Å². The third-order valence-corrected chi connectivity index (χ3v) is 5.18. The van der Waals surface area contributed by atoms with E-state index in [1.54, 1.807) is 0 Å². The van der Waals surface area contributed by atoms with Crippen molar-refractivity contribution >= 4 is 5.91 Å². The molecule has 0 atom stereocenters. The van der Waals surface area contributed by atoms with Crippen molar-refractivity contribution < 1.29 is 9.90 Å². The van der Waals surface area contributed by atoms with E-state index >= 15 is 0 Å². The van der Waals surface area contributed by atoms with E-state index in [1.807, 2.05) is 0 Å². The Hall–Kier alpha value is -0.610. The number of carbonyl (C=O) groups is 1. The molecule has 2 aliphatic carbocycles. The molecule has 0 spiro atoms. The maximum Gasteiger partial charge on any atom is 0.221 e. The second kappa shape index (κ2) is 6.44. The highest BCUT2D eigenvalue weighted by Gasteiger charge is 2.34. The zero-order valence-corrected chi connectivity index (χ0v) is 12.8. The molecule has 2 fully saturated rings. The van der Waals surface area contributed by atoms with Crippen LogP contribution in [0.4, 0.5) is 0 Å². The molecule has 4 N–H and O–H groups in total. The van der Waals surface area contributed by atoms with Crippen molar-refractivity contribution in [3.63, 3.8) is 0 Å². The topological polar surface area (TPSA) is 75.3 Å². The fourth-order valence-corrected chi connectivity index (χ4v) is 3.55. The summed E-state index contributed by atoms with van der Waals surface area (Å²) >= 11 is 0. The molecular formula is C16H30N2O2. The molecule has 4 heteroatoms. The largest absolute Gasteiger partial charge is 0.388 e. The Morgan fingerprint density at radius 2 is 1.80 bits per heavy atom. The predicted octanol–water partition coefficient (Wildman–Crippen LogP) is 2.10. The molecule has 0 radical (unpaired) electrons. The van der Waals surface area contributed by atoms with Crippen LogP contribution in [0.25, 0.3) is 0 Å². The first-order chi connectivity index (χ1) is 9.41. The number of amides is 1. The Kier molecular flexibility index (Phi) is 5.08. The molecule has 0 unspecified atom stereocenters. The van der Waals surface area contributed by atoms with Gasteiger partial charge in [0.25, 0.3) is 0 Å². The van der Waals surface area contributed by atoms with E-state index in [4.69, 9.17) is 5.73 Å². The Balaban J connectivity index is 1.74. The van der Waals surface area contributed by atoms with E-state index in [0.717, 1.165) is 51.4 Å². The van der Waals surface area contributed by atoms with Crippen LogP contribution in [-0.2, 0) is 4.79 Å². The van der Waals surface area contributed by atoms with Crippen LogP contribution in [0.2, 0.25) is 0 Å². The maximum atomic E-state index is 12.1. The van der Waals surface area contributed by atoms with E-state index < -0.39 is 5.60 Å². The second-order valence-corrected chi connectivity index (χ2v) is 7.28. The zero-order valence-electron chi connectivity index (χ0n) is 12.8. The lowest BCUT2D eigenvalue weighted by molar-refractivity contribution is -0.124. The van der Waals surface area contributed by atoms with Crippen LogP contribution in [0.3, 0.4) is 0 Å². The van der Waals surface area contributed by atoms with Crippen molar-refractivity contribution in [3.05, 3.63) is 0 Å². The van der Waals surface area contributed by atoms with Gasteiger partial charge in [0.2, 0.25) is 5.91 Å². The van der Waals surface area contributed by atoms with Crippen LogP contribution in [0.15, 0.2) is 0 Å². The van der Waals surface area contributed by atoms with Gasteiger partial charge in [-0.3, -0.25) is 4.79 Å². The fourth-order valence-electron chi connectivity index (χ4n) is 3.55. The Labute approximate surface area is 122 Å². The van der Waals surface area contributed by atoms with Crippen LogP contribution in [-0.4, -0.2) is 28.7 Å². The van der Waals surface area contributed by atoms with Gasteiger partial charge in [-0.05, 0) is 44.4 Å². The zero-order chi connectivity index (χ0) is 14.6. The van der Waals surface area contributed by atoms with Gasteiger partial charge in [-0.25, -0.2) is 0 Å². The van der Waals surface area contributed by atoms with Crippen molar-refractivity contribution in [2.45, 2.75) is 82.3 Å². The number of carbonyl (C=O) groups excluding carboxylic acids is 1. The summed E-state index contributed by atoms with van der Waals surface area (Å²) in [5.74, 6) is 0.696. The molecule has 4 nitrogen and oxygen atoms in total. The molecule has 0 aromatic carbocycles. The van der Waals surface area contributed by atoms with Crippen LogP contribution in [0.1, 0.15) is 71.1 Å². The first-order valence-electron chi connectivity index (χ1n) is 8.19. The van der Waals surface area contributed by atoms with Gasteiger partial charge < -0.3 is 16.2 Å². The third-order valence-electron chi connectivity index (χ3n) is 5.18. The molecule has 116 valence electrons. The van der Waals surface area contributed by atoms with E-state index in [9.17, 15) is 9.90 Å². The maximum absolute atomic E-state index is 12.1. The van der Waals surface area contributed by atoms with Gasteiger partial charge >= 0.3 is 0 Å². The van der Waals surface area contributed by atoms with Crippen molar-refractivity contribution in [2.24, 2.45) is 11.7 Å². The Morgan fingerprint density at radius 1 is 1.20 bits per heavy atom. The van der Waals surface area contributed by atoms with Crippen LogP contribution < -0.4 is 11.1 Å². The first-order valence-corrected chi connectivity index (χ1v) is 8.19. The van der Waals surface area contributed by atoms with Crippen molar-refractivity contribution in [2.75, 3.05) is 6.54 Å². The lowest BCUT2D eigenvalue weighted by atomic mass is 9.79. The van der Waals surface area contributed by atoms with Crippen molar-refractivity contribution in [1.29, 1.82) is 0 Å². The fraction of sp³-hybridized carbons (Fsp3) is 0.938. The summed E-state index contributed by atoms with van der Waals surface area (Å²) in [4.78, 5) is 12.1. The smallest absolute Gasteiger partial charge is 0.221 e. The third kappa shape index (κ3) is 4.45. The minimum Gasteiger partial charge on any atom is -0.388 e. The first kappa shape index (κ1) is 15.8. The molecule has 0 bridgehead atoms. The van der Waals surface area contributed by atoms with E-state index in [0.29, 0.717) is 18.9 Å². The molecule has 0 aliphatic heterocycles. The minimum absolute atomic E-state index is 0.00134. The lowest BCUT2D eigenvalue weighted by Crippen LogP contribution is -2.49. The van der Waals surface area contributed by atoms with E-state index in [-0.39, 0.29) is 11.4 Å². The Bertz CT molecular complexity index is 329. The number of rotatable bonds is 4. The molecule has 0 aromatic rings. The van der Waals surface area contributed by atoms with Gasteiger partial charge in [0.1, 0.15) is 0 Å². The molecule has 0 aromatic heterocycles. The summed E-state index contributed by atoms with van der Waals surface area (Å²) in [6, 6.07) is 0. The highest BCUT2D eigenvalue weighted by molar-refractivity contribution is 5.77. The van der Waals surface area contributed by atoms with Crippen LogP contribution in [0, 0.1) is 5.92 Å². The predicted molar refractivity (Wildman–Crippen MR) is 80.2 cm³/mol. The van der Waals surface area contributed by atoms with Gasteiger partial charge in [-0.1, -0.05) is 26.2 Å². The summed E-state index contributed by atoms with van der Waals surface area (Å²) in [6.45, 7) is 2.61. The van der Waals surface area contributed by atoms with Gasteiger partial charge in [0.15, 0.2) is 0 Å². The van der Waals surface area contributed by atoms with Crippen LogP contribution >= 0.6 is 0 Å². The molecule has 2 saturated carbocycles. The molecular weight excluding hydrogens is 252 g/mol. The SMILES string of the molecule is CC1CCC(O)(CNC(=O)CC2(N)CCCCC2)CC1. The average Bonchev–Trinajstić information content (AvgIpc) is 2.41. The number of nitrogens with one attached hydrogen (secondary N) is 1. The summed E-state index contributed by atoms with van der Waals surface area (Å²) in [7, 11) is 0. The number of hydrogen-bond acceptors (Lipinski definition) is 3. The summed E-state index contributed by atoms with van der Waals surface area (Å²) in [5.41, 5.74) is 5.29. The van der Waals surface area contributed by atoms with Crippen LogP contribution in [0.5, 0.6) is 0 Å². The van der Waals surface area contributed by atoms with Gasteiger partial charge in [0.05, 0.1) is 5.60 Å². The van der Waals surface area contributed by atoms with E-state index in [2.05, 4.69) is 12.2 Å². The highest BCUT2D eigenvalue weighted by Crippen LogP contribution is 2.32. The van der Waals surface area contributed by atoms with Gasteiger partial charge in [-0.15, -0.1) is 0 Å². The molecule has 0 heterocycles. The summed E-state index contributed by atoms with van der Waals surface area (Å²) < 4.78 is 0. The average molecular weight is 282 g/mol. The summed E-state index contributed by atoms with van der Waals surface area (Å²) in [6.07, 6.45) is 9.48. The molecule has 2 rings (SSSR count). The molecule has 1 amide bonds. The molecule has 2 aliphatic rings. The van der Waals surface area contributed by atoms with E-state index in [1.165, 1.54) is 6.42 Å². The van der Waals surface area contributed by atoms with Gasteiger partial charge in [-0.2, -0.15) is 0 Å². The normalized spacial score (nSPS) is 33.6. The van der Waals surface area contributed by atoms with Crippen molar-refractivity contribution in [3.8, 4) is 0 Å².